The van der Waals surface area contributed by atoms with Gasteiger partial charge in [-0.1, -0.05) is 78.6 Å². The summed E-state index contributed by atoms with van der Waals surface area (Å²) in [5, 5.41) is 7.66. The van der Waals surface area contributed by atoms with Gasteiger partial charge in [-0.05, 0) is 24.1 Å². The van der Waals surface area contributed by atoms with Crippen LogP contribution in [0.15, 0.2) is 65.0 Å². The third-order valence-corrected chi connectivity index (χ3v) is 7.49. The Labute approximate surface area is 199 Å². The van der Waals surface area contributed by atoms with Crippen molar-refractivity contribution in [2.45, 2.75) is 41.9 Å². The number of rotatable bonds is 8. The molecule has 0 spiro atoms. The van der Waals surface area contributed by atoms with Crippen molar-refractivity contribution in [2.75, 3.05) is 10.6 Å². The van der Waals surface area contributed by atoms with Crippen LogP contribution in [0, 0.1) is 0 Å². The number of thioether (sulfide) groups is 1. The Morgan fingerprint density at radius 1 is 1.15 bits per heavy atom. The number of nitrogens with zero attached hydrogens (tertiary/aromatic N) is 4. The number of benzene rings is 2. The topological polar surface area (TPSA) is 109 Å². The molecule has 0 bridgehead atoms. The van der Waals surface area contributed by atoms with Gasteiger partial charge in [0.15, 0.2) is 4.34 Å². The highest BCUT2D eigenvalue weighted by atomic mass is 32.2. The first-order valence-electron chi connectivity index (χ1n) is 10.5. The molecule has 0 saturated carbocycles. The van der Waals surface area contributed by atoms with Crippen LogP contribution in [0.3, 0.4) is 0 Å². The smallest absolute Gasteiger partial charge is 0.257 e. The lowest BCUT2D eigenvalue weighted by Gasteiger charge is -2.30. The lowest BCUT2D eigenvalue weighted by molar-refractivity contribution is -0.138. The summed E-state index contributed by atoms with van der Waals surface area (Å²) in [6.07, 6.45) is 0.463. The molecule has 170 valence electrons. The van der Waals surface area contributed by atoms with Crippen molar-refractivity contribution in [3.63, 3.8) is 0 Å². The zero-order valence-electron chi connectivity index (χ0n) is 18.0. The Balaban J connectivity index is 1.63. The van der Waals surface area contributed by atoms with Gasteiger partial charge in [0.25, 0.3) is 5.91 Å². The van der Waals surface area contributed by atoms with Gasteiger partial charge >= 0.3 is 0 Å². The van der Waals surface area contributed by atoms with Gasteiger partial charge in [0.1, 0.15) is 6.04 Å². The van der Waals surface area contributed by atoms with E-state index in [4.69, 9.17) is 5.73 Å². The Morgan fingerprint density at radius 2 is 1.82 bits per heavy atom. The first-order chi connectivity index (χ1) is 16.0. The van der Waals surface area contributed by atoms with Crippen LogP contribution in [0.4, 0.5) is 10.8 Å². The van der Waals surface area contributed by atoms with Gasteiger partial charge in [-0.3, -0.25) is 14.4 Å². The number of nitrogen functional groups attached to an aromatic ring is 1. The second kappa shape index (κ2) is 10.1. The summed E-state index contributed by atoms with van der Waals surface area (Å²) in [4.78, 5) is 42.7. The summed E-state index contributed by atoms with van der Waals surface area (Å²) in [5.41, 5.74) is 7.07. The molecule has 1 aliphatic rings. The minimum Gasteiger partial charge on any atom is -0.374 e. The fourth-order valence-electron chi connectivity index (χ4n) is 3.71. The van der Waals surface area contributed by atoms with E-state index in [0.29, 0.717) is 21.6 Å². The van der Waals surface area contributed by atoms with E-state index in [1.54, 1.807) is 24.3 Å². The number of imide groups is 1. The molecule has 2 unspecified atom stereocenters. The average Bonchev–Trinajstić information content (AvgIpc) is 3.38. The fraction of sp³-hybridized carbons (Fsp3) is 0.261. The Hall–Kier alpha value is -3.24. The van der Waals surface area contributed by atoms with Gasteiger partial charge in [0, 0.05) is 6.54 Å². The van der Waals surface area contributed by atoms with E-state index in [0.717, 1.165) is 5.56 Å². The summed E-state index contributed by atoms with van der Waals surface area (Å²) < 4.78 is 0.590. The van der Waals surface area contributed by atoms with Gasteiger partial charge in [0.05, 0.1) is 17.4 Å². The van der Waals surface area contributed by atoms with Gasteiger partial charge in [-0.25, -0.2) is 4.90 Å². The lowest BCUT2D eigenvalue weighted by Crippen LogP contribution is -2.48. The molecule has 10 heteroatoms. The van der Waals surface area contributed by atoms with Crippen molar-refractivity contribution in [1.29, 1.82) is 0 Å². The number of anilines is 2. The third kappa shape index (κ3) is 5.07. The molecule has 1 fully saturated rings. The van der Waals surface area contributed by atoms with Crippen LogP contribution >= 0.6 is 23.1 Å². The molecular formula is C23H23N5O3S2. The van der Waals surface area contributed by atoms with Crippen LogP contribution in [0.2, 0.25) is 0 Å². The van der Waals surface area contributed by atoms with Crippen LogP contribution in [-0.2, 0) is 20.9 Å². The minimum atomic E-state index is -0.875. The highest BCUT2D eigenvalue weighted by molar-refractivity contribution is 8.02. The van der Waals surface area contributed by atoms with E-state index in [9.17, 15) is 14.4 Å². The van der Waals surface area contributed by atoms with E-state index >= 15 is 0 Å². The zero-order chi connectivity index (χ0) is 23.4. The molecule has 0 radical (unpaired) electrons. The lowest BCUT2D eigenvalue weighted by atomic mass is 10.1. The summed E-state index contributed by atoms with van der Waals surface area (Å²) >= 11 is 2.49. The Bertz CT molecular complexity index is 1140. The van der Waals surface area contributed by atoms with Crippen molar-refractivity contribution in [1.82, 2.24) is 15.1 Å². The largest absolute Gasteiger partial charge is 0.374 e. The molecule has 1 aromatic heterocycles. The van der Waals surface area contributed by atoms with Crippen LogP contribution in [0.5, 0.6) is 0 Å². The van der Waals surface area contributed by atoms with Crippen LogP contribution in [0.25, 0.3) is 0 Å². The second-order valence-electron chi connectivity index (χ2n) is 7.50. The Kier molecular flexibility index (Phi) is 7.05. The maximum Gasteiger partial charge on any atom is 0.257 e. The highest BCUT2D eigenvalue weighted by Crippen LogP contribution is 2.33. The van der Waals surface area contributed by atoms with Crippen molar-refractivity contribution in [3.8, 4) is 0 Å². The molecule has 8 nitrogen and oxygen atoms in total. The normalized spacial score (nSPS) is 16.8. The minimum absolute atomic E-state index is 0.0564. The van der Waals surface area contributed by atoms with Crippen molar-refractivity contribution < 1.29 is 14.4 Å². The molecular weight excluding hydrogens is 458 g/mol. The number of para-hydroxylation sites is 1. The molecule has 1 saturated heterocycles. The van der Waals surface area contributed by atoms with E-state index in [1.165, 1.54) is 32.9 Å². The van der Waals surface area contributed by atoms with Crippen molar-refractivity contribution >= 4 is 51.6 Å². The van der Waals surface area contributed by atoms with E-state index in [2.05, 4.69) is 10.2 Å². The van der Waals surface area contributed by atoms with Crippen molar-refractivity contribution in [3.05, 3.63) is 66.2 Å². The highest BCUT2D eigenvalue weighted by Gasteiger charge is 2.45. The predicted molar refractivity (Wildman–Crippen MR) is 129 cm³/mol. The van der Waals surface area contributed by atoms with Gasteiger partial charge in [0.2, 0.25) is 16.9 Å². The average molecular weight is 482 g/mol. The van der Waals surface area contributed by atoms with Crippen LogP contribution in [0.1, 0.15) is 25.3 Å². The molecule has 2 N–H and O–H groups in total. The molecule has 3 amide bonds. The van der Waals surface area contributed by atoms with Gasteiger partial charge in [-0.15, -0.1) is 10.2 Å². The van der Waals surface area contributed by atoms with Crippen LogP contribution < -0.4 is 10.6 Å². The standard InChI is InChI=1S/C23H23N5O3S2/c1-2-18(32-23-26-25-22(24)33-23)21(31)27(14-15-9-5-3-6-10-15)17-13-19(29)28(20(17)30)16-11-7-4-8-12-16/h3-12,17-18H,2,13-14H2,1H3,(H2,24,25). The van der Waals surface area contributed by atoms with E-state index in [1.807, 2.05) is 43.3 Å². The molecule has 0 aliphatic carbocycles. The third-order valence-electron chi connectivity index (χ3n) is 5.30. The molecule has 2 atom stereocenters. The first-order valence-corrected chi connectivity index (χ1v) is 12.2. The summed E-state index contributed by atoms with van der Waals surface area (Å²) in [5.74, 6) is -0.934. The second-order valence-corrected chi connectivity index (χ2v) is 9.95. The predicted octanol–water partition coefficient (Wildman–Crippen LogP) is 3.35. The van der Waals surface area contributed by atoms with E-state index < -0.39 is 17.2 Å². The molecule has 1 aliphatic heterocycles. The van der Waals surface area contributed by atoms with Gasteiger partial charge < -0.3 is 10.6 Å². The molecule has 3 aromatic rings. The maximum absolute atomic E-state index is 13.7. The fourth-order valence-corrected chi connectivity index (χ4v) is 5.59. The molecule has 2 heterocycles. The molecule has 2 aromatic carbocycles. The number of carbonyl (C=O) groups excluding carboxylic acids is 3. The number of aromatic nitrogens is 2. The summed E-state index contributed by atoms with van der Waals surface area (Å²) in [6.45, 7) is 2.12. The first kappa shape index (κ1) is 22.9. The summed E-state index contributed by atoms with van der Waals surface area (Å²) in [6, 6.07) is 17.4. The zero-order valence-corrected chi connectivity index (χ0v) is 19.6. The number of hydrogen-bond acceptors (Lipinski definition) is 8. The molecule has 4 rings (SSSR count). The maximum atomic E-state index is 13.7. The number of hydrogen-bond donors (Lipinski definition) is 1. The van der Waals surface area contributed by atoms with Crippen LogP contribution in [-0.4, -0.2) is 44.1 Å². The SMILES string of the molecule is CCC(Sc1nnc(N)s1)C(=O)N(Cc1ccccc1)C1CC(=O)N(c2ccccc2)C1=O. The quantitative estimate of drug-likeness (QED) is 0.388. The molecule has 33 heavy (non-hydrogen) atoms. The van der Waals surface area contributed by atoms with Gasteiger partial charge in [-0.2, -0.15) is 0 Å². The van der Waals surface area contributed by atoms with E-state index in [-0.39, 0.29) is 24.8 Å². The van der Waals surface area contributed by atoms with Crippen molar-refractivity contribution in [2.24, 2.45) is 0 Å². The monoisotopic (exact) mass is 481 g/mol. The number of amides is 3. The Morgan fingerprint density at radius 3 is 2.42 bits per heavy atom. The number of carbonyl (C=O) groups is 3. The summed E-state index contributed by atoms with van der Waals surface area (Å²) in [7, 11) is 0. The number of nitrogens with two attached hydrogens (primary N) is 1.